The molecule has 0 saturated carbocycles. The van der Waals surface area contributed by atoms with Gasteiger partial charge in [0.1, 0.15) is 27.9 Å². The van der Waals surface area contributed by atoms with Crippen LogP contribution in [0.15, 0.2) is 412 Å². The first-order chi connectivity index (χ1) is 64.7. The van der Waals surface area contributed by atoms with Crippen molar-refractivity contribution in [3.05, 3.63) is 405 Å². The van der Waals surface area contributed by atoms with Crippen LogP contribution >= 0.6 is 11.3 Å². The Bertz CT molecular complexity index is 9210. The molecule has 14 heteroatoms. The van der Waals surface area contributed by atoms with Gasteiger partial charge in [0.05, 0.1) is 71.7 Å². The maximum absolute atomic E-state index is 6.47. The van der Waals surface area contributed by atoms with Crippen LogP contribution in [0.1, 0.15) is 25.0 Å². The molecule has 28 aromatic rings. The van der Waals surface area contributed by atoms with Crippen molar-refractivity contribution in [2.24, 2.45) is 0 Å². The second kappa shape index (κ2) is 28.9. The molecule has 131 heavy (non-hydrogen) atoms. The van der Waals surface area contributed by atoms with Gasteiger partial charge in [0.15, 0.2) is 11.6 Å². The molecule has 0 N–H and O–H groups in total. The Labute approximate surface area is 750 Å². The lowest BCUT2D eigenvalue weighted by Gasteiger charge is -2.22. The number of nitrogens with zero attached hydrogens (tertiary/aromatic N) is 9. The Morgan fingerprint density at radius 2 is 0.634 bits per heavy atom. The minimum absolute atomic E-state index is 0.140. The molecule has 0 spiro atoms. The van der Waals surface area contributed by atoms with E-state index >= 15 is 0 Å². The maximum Gasteiger partial charge on any atom is 0.238 e. The number of hydrogen-bond acceptors (Lipinski definition) is 11. The fraction of sp³-hybridized carbons (Fsp3) is 0.0256. The van der Waals surface area contributed by atoms with Crippen LogP contribution in [0.2, 0.25) is 0 Å². The van der Waals surface area contributed by atoms with E-state index in [1.54, 1.807) is 0 Å². The van der Waals surface area contributed by atoms with E-state index in [0.717, 1.165) is 160 Å². The SMILES string of the molecule is CC1(C)c2ccccc2-c2ccc3c(c21)c1ccccc1n3-c1nc(-c2ccccc2)c2c(n1)oc1ccccc12.c1ccc(-c2nc(-c3ccc(-n4c5ccccc5c5c6oc7ccccc7c6ccc54)cc3)nc3oc4ccccc4c23)cc1.c1ccc(-c2nc(-c3ccc(-n4c5ccccc5c5c6sc7ccccc7c6ccc54)cc3)nc3oc4ccccc4c23)cc1. The van der Waals surface area contributed by atoms with Gasteiger partial charge >= 0.3 is 0 Å². The van der Waals surface area contributed by atoms with Gasteiger partial charge in [-0.05, 0) is 144 Å². The molecule has 0 aliphatic heterocycles. The quantitative estimate of drug-likeness (QED) is 0.144. The van der Waals surface area contributed by atoms with Crippen LogP contribution in [0.4, 0.5) is 0 Å². The summed E-state index contributed by atoms with van der Waals surface area (Å²) in [4.78, 5) is 30.5. The molecule has 0 saturated heterocycles. The number of fused-ring (bicyclic) bond motifs is 30. The maximum atomic E-state index is 6.47. The summed E-state index contributed by atoms with van der Waals surface area (Å²) in [5.74, 6) is 1.87. The Morgan fingerprint density at radius 3 is 1.17 bits per heavy atom. The van der Waals surface area contributed by atoms with E-state index in [9.17, 15) is 0 Å². The molecular weight excluding hydrogens is 1630 g/mol. The molecule has 1 aliphatic carbocycles. The standard InChI is InChI=1S/C40H23N3O2.C40H23N3OS.C37H25N3O/c1-2-10-24(11-3-1)37-36-30-14-6-9-17-34(30)45-40(36)42-39(41-37)25-18-20-26(21-19-25)43-31-15-7-4-13-29(31)35-32(43)23-22-28-27-12-5-8-16-33(27)44-38(28)35;1-2-10-24(11-3-1)37-36-30-14-5-8-16-33(30)44-40(36)42-39(41-37)25-18-20-26(21-19-25)43-31-15-7-4-13-29(31)35-32(43)23-22-28-27-12-6-9-17-34(27)45-38(28)35;1-37(2)27-17-9-6-14-23(27)24-20-21-29-31(33(24)37)25-15-7-10-18-28(25)40(29)36-38-34(22-12-4-3-5-13-22)32-26-16-8-11-19-30(26)41-35(32)39-36/h2*1-23H;3-21H,1-2H3. The van der Waals surface area contributed by atoms with Crippen molar-refractivity contribution in [3.8, 4) is 85.0 Å². The van der Waals surface area contributed by atoms with Crippen LogP contribution in [0.5, 0.6) is 0 Å². The molecule has 614 valence electrons. The summed E-state index contributed by atoms with van der Waals surface area (Å²) in [6.07, 6.45) is 0. The molecule has 0 atom stereocenters. The van der Waals surface area contributed by atoms with Gasteiger partial charge in [-0.1, -0.05) is 287 Å². The van der Waals surface area contributed by atoms with E-state index in [1.807, 2.05) is 121 Å². The average molecular weight is 1700 g/mol. The topological polar surface area (TPSA) is 145 Å². The van der Waals surface area contributed by atoms with Gasteiger partial charge in [-0.3, -0.25) is 4.57 Å². The van der Waals surface area contributed by atoms with E-state index < -0.39 is 0 Å². The highest BCUT2D eigenvalue weighted by Gasteiger charge is 2.39. The summed E-state index contributed by atoms with van der Waals surface area (Å²) in [5.41, 5.74) is 27.7. The van der Waals surface area contributed by atoms with Crippen LogP contribution in [-0.4, -0.2) is 43.6 Å². The van der Waals surface area contributed by atoms with E-state index in [0.29, 0.717) is 34.7 Å². The second-order valence-corrected chi connectivity index (χ2v) is 35.2. The molecule has 0 unspecified atom stereocenters. The van der Waals surface area contributed by atoms with Gasteiger partial charge < -0.3 is 26.8 Å². The molecular formula is C117H71N9O4S. The second-order valence-electron chi connectivity index (χ2n) is 34.2. The van der Waals surface area contributed by atoms with Crippen molar-refractivity contribution in [2.45, 2.75) is 19.3 Å². The molecule has 17 aromatic carbocycles. The number of para-hydroxylation sites is 7. The Kier molecular flexibility index (Phi) is 16.4. The Morgan fingerprint density at radius 1 is 0.244 bits per heavy atom. The summed E-state index contributed by atoms with van der Waals surface area (Å²) in [5, 5.41) is 18.1. The van der Waals surface area contributed by atoms with E-state index in [4.69, 9.17) is 47.6 Å². The zero-order valence-electron chi connectivity index (χ0n) is 70.6. The van der Waals surface area contributed by atoms with Crippen molar-refractivity contribution in [2.75, 3.05) is 0 Å². The molecule has 11 heterocycles. The number of furan rings is 4. The third-order valence-electron chi connectivity index (χ3n) is 26.5. The van der Waals surface area contributed by atoms with Crippen molar-refractivity contribution in [1.82, 2.24) is 43.6 Å². The number of rotatable bonds is 8. The predicted octanol–water partition coefficient (Wildman–Crippen LogP) is 31.3. The lowest BCUT2D eigenvalue weighted by atomic mass is 9.80. The zero-order valence-corrected chi connectivity index (χ0v) is 71.4. The monoisotopic (exact) mass is 1700 g/mol. The minimum atomic E-state index is -0.140. The third-order valence-corrected chi connectivity index (χ3v) is 27.7. The predicted molar refractivity (Wildman–Crippen MR) is 536 cm³/mol. The largest absolute Gasteiger partial charge is 0.455 e. The summed E-state index contributed by atoms with van der Waals surface area (Å²) in [7, 11) is 0. The molecule has 0 bridgehead atoms. The van der Waals surface area contributed by atoms with Crippen LogP contribution in [-0.2, 0) is 5.41 Å². The summed E-state index contributed by atoms with van der Waals surface area (Å²) >= 11 is 1.88. The normalized spacial score (nSPS) is 12.6. The smallest absolute Gasteiger partial charge is 0.238 e. The van der Waals surface area contributed by atoms with Crippen molar-refractivity contribution >= 4 is 185 Å². The zero-order chi connectivity index (χ0) is 86.3. The van der Waals surface area contributed by atoms with Crippen molar-refractivity contribution < 1.29 is 17.7 Å². The van der Waals surface area contributed by atoms with Gasteiger partial charge in [0.2, 0.25) is 23.1 Å². The fourth-order valence-electron chi connectivity index (χ4n) is 20.7. The molecule has 11 aromatic heterocycles. The summed E-state index contributed by atoms with van der Waals surface area (Å²) < 4.78 is 34.9. The first-order valence-electron chi connectivity index (χ1n) is 44.0. The fourth-order valence-corrected chi connectivity index (χ4v) is 22.0. The van der Waals surface area contributed by atoms with E-state index in [1.165, 1.54) is 75.0 Å². The molecule has 13 nitrogen and oxygen atoms in total. The highest BCUT2D eigenvalue weighted by Crippen LogP contribution is 2.55. The number of aromatic nitrogens is 9. The Hall–Kier alpha value is -17.2. The molecule has 0 fully saturated rings. The first kappa shape index (κ1) is 74.1. The number of thiophene rings is 1. The average Bonchev–Trinajstić information content (AvgIpc) is 1.53. The number of benzene rings is 17. The van der Waals surface area contributed by atoms with Crippen molar-refractivity contribution in [3.63, 3.8) is 0 Å². The molecule has 1 aliphatic rings. The molecule has 0 amide bonds. The lowest BCUT2D eigenvalue weighted by molar-refractivity contribution is 0.651. The van der Waals surface area contributed by atoms with Gasteiger partial charge in [0.25, 0.3) is 0 Å². The van der Waals surface area contributed by atoms with Crippen LogP contribution in [0.25, 0.3) is 259 Å². The van der Waals surface area contributed by atoms with Gasteiger partial charge in [-0.15, -0.1) is 11.3 Å². The third kappa shape index (κ3) is 11.4. The van der Waals surface area contributed by atoms with Gasteiger partial charge in [-0.2, -0.15) is 15.0 Å². The Balaban J connectivity index is 0.000000101. The van der Waals surface area contributed by atoms with E-state index in [2.05, 4.69) is 313 Å². The van der Waals surface area contributed by atoms with Gasteiger partial charge in [0, 0.05) is 119 Å². The van der Waals surface area contributed by atoms with Gasteiger partial charge in [-0.25, -0.2) is 15.0 Å². The first-order valence-corrected chi connectivity index (χ1v) is 44.9. The number of hydrogen-bond donors (Lipinski definition) is 0. The highest BCUT2D eigenvalue weighted by molar-refractivity contribution is 7.26. The summed E-state index contributed by atoms with van der Waals surface area (Å²) in [6, 6.07) is 137. The minimum Gasteiger partial charge on any atom is -0.455 e. The van der Waals surface area contributed by atoms with Crippen molar-refractivity contribution in [1.29, 1.82) is 0 Å². The lowest BCUT2D eigenvalue weighted by Crippen LogP contribution is -2.15. The highest BCUT2D eigenvalue weighted by atomic mass is 32.1. The molecule has 0 radical (unpaired) electrons. The molecule has 29 rings (SSSR count). The summed E-state index contributed by atoms with van der Waals surface area (Å²) in [6.45, 7) is 4.68. The van der Waals surface area contributed by atoms with Crippen LogP contribution in [0.3, 0.4) is 0 Å². The van der Waals surface area contributed by atoms with Crippen LogP contribution < -0.4 is 0 Å². The van der Waals surface area contributed by atoms with Crippen LogP contribution in [0, 0.1) is 0 Å². The van der Waals surface area contributed by atoms with E-state index in [-0.39, 0.29) is 5.41 Å².